The lowest BCUT2D eigenvalue weighted by Gasteiger charge is -2.17. The molecule has 1 aromatic carbocycles. The van der Waals surface area contributed by atoms with Crippen molar-refractivity contribution in [1.82, 2.24) is 5.32 Å². The van der Waals surface area contributed by atoms with E-state index in [2.05, 4.69) is 25.2 Å². The van der Waals surface area contributed by atoms with Crippen LogP contribution in [0.5, 0.6) is 5.75 Å². The zero-order valence-corrected chi connectivity index (χ0v) is 12.9. The Bertz CT molecular complexity index is 450. The molecule has 0 saturated carbocycles. The van der Waals surface area contributed by atoms with Crippen LogP contribution >= 0.6 is 12.4 Å². The molecule has 5 heteroatoms. The molecule has 2 atom stereocenters. The lowest BCUT2D eigenvalue weighted by atomic mass is 10.0. The van der Waals surface area contributed by atoms with Crippen molar-refractivity contribution < 1.29 is 14.3 Å². The van der Waals surface area contributed by atoms with Crippen molar-refractivity contribution >= 4 is 18.4 Å². The molecule has 4 nitrogen and oxygen atoms in total. The molecule has 0 aromatic heterocycles. The second-order valence-electron chi connectivity index (χ2n) is 5.15. The van der Waals surface area contributed by atoms with Crippen molar-refractivity contribution in [2.75, 3.05) is 13.7 Å². The molecule has 0 spiro atoms. The fraction of sp³-hybridized carbons (Fsp3) is 0.533. The summed E-state index contributed by atoms with van der Waals surface area (Å²) < 4.78 is 10.8. The van der Waals surface area contributed by atoms with E-state index < -0.39 is 0 Å². The maximum Gasteiger partial charge on any atom is 0.323 e. The van der Waals surface area contributed by atoms with Crippen molar-refractivity contribution in [3.8, 4) is 5.75 Å². The van der Waals surface area contributed by atoms with Crippen LogP contribution in [0, 0.1) is 0 Å². The molecule has 0 radical (unpaired) electrons. The number of halogens is 1. The second-order valence-corrected chi connectivity index (χ2v) is 5.15. The van der Waals surface area contributed by atoms with Crippen LogP contribution in [0.25, 0.3) is 0 Å². The van der Waals surface area contributed by atoms with Crippen LogP contribution in [-0.2, 0) is 9.53 Å². The SMILES string of the molecule is COC(=O)[C@@H]1C[C@H](Oc2ccccc2C(C)C)CN1.Cl. The van der Waals surface area contributed by atoms with E-state index in [1.165, 1.54) is 12.7 Å². The van der Waals surface area contributed by atoms with Gasteiger partial charge in [-0.3, -0.25) is 4.79 Å². The van der Waals surface area contributed by atoms with Crippen LogP contribution in [0.1, 0.15) is 31.7 Å². The Kier molecular flexibility index (Phi) is 6.30. The Balaban J connectivity index is 0.00000200. The number of carbonyl (C=O) groups is 1. The van der Waals surface area contributed by atoms with Crippen LogP contribution in [0.3, 0.4) is 0 Å². The van der Waals surface area contributed by atoms with E-state index in [0.717, 1.165) is 5.75 Å². The predicted octanol–water partition coefficient (Wildman–Crippen LogP) is 2.51. The van der Waals surface area contributed by atoms with Crippen LogP contribution in [0.2, 0.25) is 0 Å². The number of methoxy groups -OCH3 is 1. The molecule has 20 heavy (non-hydrogen) atoms. The molecular formula is C15H22ClNO3. The van der Waals surface area contributed by atoms with Crippen molar-refractivity contribution in [2.24, 2.45) is 0 Å². The van der Waals surface area contributed by atoms with Crippen molar-refractivity contribution in [1.29, 1.82) is 0 Å². The van der Waals surface area contributed by atoms with Gasteiger partial charge in [0.1, 0.15) is 17.9 Å². The molecule has 1 aromatic rings. The zero-order chi connectivity index (χ0) is 13.8. The highest BCUT2D eigenvalue weighted by atomic mass is 35.5. The summed E-state index contributed by atoms with van der Waals surface area (Å²) in [6, 6.07) is 7.82. The van der Waals surface area contributed by atoms with E-state index in [1.807, 2.05) is 18.2 Å². The van der Waals surface area contributed by atoms with Crippen molar-refractivity contribution in [3.63, 3.8) is 0 Å². The molecule has 0 bridgehead atoms. The number of hydrogen-bond donors (Lipinski definition) is 1. The number of benzene rings is 1. The van der Waals surface area contributed by atoms with E-state index >= 15 is 0 Å². The summed E-state index contributed by atoms with van der Waals surface area (Å²) in [6.45, 7) is 4.96. The maximum absolute atomic E-state index is 11.4. The summed E-state index contributed by atoms with van der Waals surface area (Å²) in [5, 5.41) is 3.13. The number of rotatable bonds is 4. The van der Waals surface area contributed by atoms with Gasteiger partial charge in [-0.05, 0) is 17.5 Å². The van der Waals surface area contributed by atoms with E-state index in [9.17, 15) is 4.79 Å². The normalized spacial score (nSPS) is 21.4. The first-order valence-electron chi connectivity index (χ1n) is 6.68. The summed E-state index contributed by atoms with van der Waals surface area (Å²) in [5.74, 6) is 1.11. The Labute approximate surface area is 126 Å². The van der Waals surface area contributed by atoms with Crippen LogP contribution in [0.4, 0.5) is 0 Å². The van der Waals surface area contributed by atoms with Gasteiger partial charge in [-0.15, -0.1) is 12.4 Å². The molecular weight excluding hydrogens is 278 g/mol. The van der Waals surface area contributed by atoms with Crippen molar-refractivity contribution in [2.45, 2.75) is 38.3 Å². The average molecular weight is 300 g/mol. The summed E-state index contributed by atoms with van der Waals surface area (Å²) in [7, 11) is 1.41. The molecule has 0 unspecified atom stereocenters. The molecule has 0 amide bonds. The van der Waals surface area contributed by atoms with Gasteiger partial charge in [0.2, 0.25) is 0 Å². The monoisotopic (exact) mass is 299 g/mol. The number of nitrogens with one attached hydrogen (secondary N) is 1. The molecule has 2 rings (SSSR count). The molecule has 1 aliphatic rings. The van der Waals surface area contributed by atoms with E-state index in [-0.39, 0.29) is 30.5 Å². The first kappa shape index (κ1) is 16.8. The molecule has 112 valence electrons. The third-order valence-electron chi connectivity index (χ3n) is 3.41. The molecule has 1 fully saturated rings. The molecule has 1 saturated heterocycles. The Morgan fingerprint density at radius 2 is 2.05 bits per heavy atom. The number of para-hydroxylation sites is 1. The predicted molar refractivity (Wildman–Crippen MR) is 80.6 cm³/mol. The minimum atomic E-state index is -0.249. The van der Waals surface area contributed by atoms with Gasteiger partial charge in [0.15, 0.2) is 0 Å². The Hall–Kier alpha value is -1.26. The minimum Gasteiger partial charge on any atom is -0.489 e. The highest BCUT2D eigenvalue weighted by Gasteiger charge is 2.31. The average Bonchev–Trinajstić information content (AvgIpc) is 2.86. The highest BCUT2D eigenvalue weighted by molar-refractivity contribution is 5.85. The third-order valence-corrected chi connectivity index (χ3v) is 3.41. The van der Waals surface area contributed by atoms with Gasteiger partial charge in [0, 0.05) is 13.0 Å². The lowest BCUT2D eigenvalue weighted by Crippen LogP contribution is -2.31. The lowest BCUT2D eigenvalue weighted by molar-refractivity contribution is -0.142. The Morgan fingerprint density at radius 3 is 2.70 bits per heavy atom. The van der Waals surface area contributed by atoms with E-state index in [0.29, 0.717) is 18.9 Å². The first-order valence-corrected chi connectivity index (χ1v) is 6.68. The van der Waals surface area contributed by atoms with Crippen molar-refractivity contribution in [3.05, 3.63) is 29.8 Å². The number of hydrogen-bond acceptors (Lipinski definition) is 4. The highest BCUT2D eigenvalue weighted by Crippen LogP contribution is 2.28. The van der Waals surface area contributed by atoms with Gasteiger partial charge in [-0.2, -0.15) is 0 Å². The molecule has 1 heterocycles. The quantitative estimate of drug-likeness (QED) is 0.868. The first-order chi connectivity index (χ1) is 9.11. The number of esters is 1. The second kappa shape index (κ2) is 7.50. The van der Waals surface area contributed by atoms with Gasteiger partial charge in [-0.1, -0.05) is 32.0 Å². The minimum absolute atomic E-state index is 0. The molecule has 0 aliphatic carbocycles. The summed E-state index contributed by atoms with van der Waals surface area (Å²) in [4.78, 5) is 11.4. The van der Waals surface area contributed by atoms with E-state index in [1.54, 1.807) is 0 Å². The Morgan fingerprint density at radius 1 is 1.35 bits per heavy atom. The van der Waals surface area contributed by atoms with Crippen LogP contribution in [-0.4, -0.2) is 31.8 Å². The number of ether oxygens (including phenoxy) is 2. The topological polar surface area (TPSA) is 47.6 Å². The summed E-state index contributed by atoms with van der Waals surface area (Å²) in [6.07, 6.45) is 0.669. The fourth-order valence-corrected chi connectivity index (χ4v) is 2.36. The maximum atomic E-state index is 11.4. The van der Waals surface area contributed by atoms with Gasteiger partial charge >= 0.3 is 5.97 Å². The van der Waals surface area contributed by atoms with E-state index in [4.69, 9.17) is 9.47 Å². The summed E-state index contributed by atoms with van der Waals surface area (Å²) >= 11 is 0. The van der Waals surface area contributed by atoms with Gasteiger partial charge < -0.3 is 14.8 Å². The van der Waals surface area contributed by atoms with Gasteiger partial charge in [0.05, 0.1) is 7.11 Å². The van der Waals surface area contributed by atoms with Gasteiger partial charge in [-0.25, -0.2) is 0 Å². The van der Waals surface area contributed by atoms with Crippen LogP contribution in [0.15, 0.2) is 24.3 Å². The third kappa shape index (κ3) is 3.87. The molecule has 1 N–H and O–H groups in total. The fourth-order valence-electron chi connectivity index (χ4n) is 2.36. The van der Waals surface area contributed by atoms with Crippen LogP contribution < -0.4 is 10.1 Å². The van der Waals surface area contributed by atoms with Gasteiger partial charge in [0.25, 0.3) is 0 Å². The zero-order valence-electron chi connectivity index (χ0n) is 12.1. The number of carbonyl (C=O) groups excluding carboxylic acids is 1. The summed E-state index contributed by atoms with van der Waals surface area (Å²) in [5.41, 5.74) is 1.20. The smallest absolute Gasteiger partial charge is 0.323 e. The largest absolute Gasteiger partial charge is 0.489 e. The molecule has 1 aliphatic heterocycles. The standard InChI is InChI=1S/C15H21NO3.ClH/c1-10(2)12-6-4-5-7-14(12)19-11-8-13(16-9-11)15(17)18-3;/h4-7,10-11,13,16H,8-9H2,1-3H3;1H/t11-,13-;/m0./s1.